The van der Waals surface area contributed by atoms with Gasteiger partial charge >= 0.3 is 13.7 Å². The van der Waals surface area contributed by atoms with Gasteiger partial charge in [0.25, 0.3) is 0 Å². The normalized spacial score (nSPS) is 14.3. The first-order valence-electron chi connectivity index (χ1n) is 11.4. The predicted molar refractivity (Wildman–Crippen MR) is 117 cm³/mol. The first kappa shape index (κ1) is 29.1. The van der Waals surface area contributed by atoms with E-state index in [4.69, 9.17) is 14.7 Å². The van der Waals surface area contributed by atoms with Crippen LogP contribution in [-0.2, 0) is 18.7 Å². The molecule has 2 atom stereocenters. The Kier molecular flexibility index (Phi) is 17.1. The van der Waals surface area contributed by atoms with Crippen molar-refractivity contribution in [2.45, 2.75) is 110 Å². The molecule has 0 aliphatic carbocycles. The Labute approximate surface area is 181 Å². The Balaban J connectivity index is 3.83. The standard InChI is InChI=1S/C21H42NO7P/c1-3-4-5-6-7-8-9-10-11-12-13-14-15-16-17-29-30(27,28)22(19(2)24)20(18-23)21(25)26/h20,23H,3-18H2,1-2H3,(H,25,26)(H,27,28)/t20-/m0/s1. The molecule has 0 spiro atoms. The van der Waals surface area contributed by atoms with Crippen LogP contribution in [0.1, 0.15) is 104 Å². The Morgan fingerprint density at radius 2 is 1.27 bits per heavy atom. The minimum Gasteiger partial charge on any atom is -0.480 e. The van der Waals surface area contributed by atoms with Gasteiger partial charge in [-0.1, -0.05) is 90.4 Å². The minimum atomic E-state index is -4.63. The topological polar surface area (TPSA) is 124 Å². The summed E-state index contributed by atoms with van der Waals surface area (Å²) in [6, 6.07) is -1.81. The molecular weight excluding hydrogens is 409 g/mol. The summed E-state index contributed by atoms with van der Waals surface area (Å²) in [4.78, 5) is 32.7. The van der Waals surface area contributed by atoms with Crippen LogP contribution in [0.5, 0.6) is 0 Å². The number of carbonyl (C=O) groups excluding carboxylic acids is 1. The van der Waals surface area contributed by atoms with Crippen LogP contribution < -0.4 is 0 Å². The van der Waals surface area contributed by atoms with Gasteiger partial charge in [0.1, 0.15) is 0 Å². The molecule has 0 aliphatic rings. The zero-order chi connectivity index (χ0) is 22.8. The van der Waals surface area contributed by atoms with Gasteiger partial charge in [-0.05, 0) is 6.42 Å². The van der Waals surface area contributed by atoms with Crippen molar-refractivity contribution in [1.82, 2.24) is 4.67 Å². The summed E-state index contributed by atoms with van der Waals surface area (Å²) in [6.07, 6.45) is 16.5. The van der Waals surface area contributed by atoms with Gasteiger partial charge in [-0.15, -0.1) is 0 Å². The highest BCUT2D eigenvalue weighted by Crippen LogP contribution is 2.48. The zero-order valence-corrected chi connectivity index (χ0v) is 19.7. The third-order valence-corrected chi connectivity index (χ3v) is 6.73. The number of unbranched alkanes of at least 4 members (excludes halogenated alkanes) is 13. The van der Waals surface area contributed by atoms with Crippen molar-refractivity contribution >= 4 is 19.6 Å². The Hall–Kier alpha value is -0.950. The molecule has 0 aliphatic heterocycles. The number of hydrogen-bond acceptors (Lipinski definition) is 5. The number of carboxylic acids is 1. The number of hydrogen-bond donors (Lipinski definition) is 3. The van der Waals surface area contributed by atoms with Gasteiger partial charge in [0.05, 0.1) is 13.2 Å². The molecule has 0 aromatic rings. The summed E-state index contributed by atoms with van der Waals surface area (Å²) in [7, 11) is -4.63. The van der Waals surface area contributed by atoms with E-state index in [0.717, 1.165) is 26.2 Å². The van der Waals surface area contributed by atoms with Crippen molar-refractivity contribution in [2.75, 3.05) is 13.2 Å². The fourth-order valence-corrected chi connectivity index (χ4v) is 4.75. The van der Waals surface area contributed by atoms with Crippen LogP contribution in [0.2, 0.25) is 0 Å². The average Bonchev–Trinajstić information content (AvgIpc) is 2.68. The summed E-state index contributed by atoms with van der Waals surface area (Å²) < 4.78 is 17.4. The van der Waals surface area contributed by atoms with E-state index >= 15 is 0 Å². The maximum atomic E-state index is 12.3. The second kappa shape index (κ2) is 17.7. The molecule has 0 radical (unpaired) electrons. The van der Waals surface area contributed by atoms with Crippen molar-refractivity contribution in [3.05, 3.63) is 0 Å². The van der Waals surface area contributed by atoms with Gasteiger partial charge in [-0.25, -0.2) is 14.0 Å². The van der Waals surface area contributed by atoms with Crippen LogP contribution in [-0.4, -0.2) is 50.9 Å². The van der Waals surface area contributed by atoms with Crippen molar-refractivity contribution in [3.63, 3.8) is 0 Å². The van der Waals surface area contributed by atoms with Gasteiger partial charge in [0.15, 0.2) is 6.04 Å². The quantitative estimate of drug-likeness (QED) is 0.178. The first-order chi connectivity index (χ1) is 14.3. The van der Waals surface area contributed by atoms with Gasteiger partial charge in [-0.2, -0.15) is 0 Å². The van der Waals surface area contributed by atoms with Gasteiger partial charge in [0, 0.05) is 6.92 Å². The molecule has 30 heavy (non-hydrogen) atoms. The molecule has 8 nitrogen and oxygen atoms in total. The van der Waals surface area contributed by atoms with E-state index < -0.39 is 32.3 Å². The lowest BCUT2D eigenvalue weighted by Crippen LogP contribution is -2.44. The number of aliphatic carboxylic acids is 1. The van der Waals surface area contributed by atoms with Crippen LogP contribution in [0, 0.1) is 0 Å². The summed E-state index contributed by atoms with van der Waals surface area (Å²) in [6.45, 7) is 2.18. The summed E-state index contributed by atoms with van der Waals surface area (Å²) in [5.74, 6) is -2.51. The van der Waals surface area contributed by atoms with Crippen molar-refractivity contribution in [3.8, 4) is 0 Å². The summed E-state index contributed by atoms with van der Waals surface area (Å²) >= 11 is 0. The van der Waals surface area contributed by atoms with Crippen molar-refractivity contribution < 1.29 is 33.8 Å². The van der Waals surface area contributed by atoms with E-state index in [0.29, 0.717) is 6.42 Å². The summed E-state index contributed by atoms with van der Waals surface area (Å²) in [5.41, 5.74) is 0. The molecule has 0 aromatic carbocycles. The zero-order valence-electron chi connectivity index (χ0n) is 18.8. The van der Waals surface area contributed by atoms with Crippen LogP contribution in [0.15, 0.2) is 0 Å². The number of aliphatic hydroxyl groups is 1. The third kappa shape index (κ3) is 13.4. The smallest absolute Gasteiger partial charge is 0.435 e. The predicted octanol–water partition coefficient (Wildman–Crippen LogP) is 4.88. The monoisotopic (exact) mass is 451 g/mol. The molecule has 0 rings (SSSR count). The average molecular weight is 452 g/mol. The highest BCUT2D eigenvalue weighted by molar-refractivity contribution is 7.51. The molecule has 0 heterocycles. The van der Waals surface area contributed by atoms with Crippen molar-refractivity contribution in [2.24, 2.45) is 0 Å². The SMILES string of the molecule is CCCCCCCCCCCCCCCCOP(=O)(O)N(C(C)=O)[C@@H](CO)C(=O)O. The molecule has 178 valence electrons. The molecular formula is C21H42NO7P. The summed E-state index contributed by atoms with van der Waals surface area (Å²) in [5, 5.41) is 18.1. The largest absolute Gasteiger partial charge is 0.480 e. The number of nitrogens with zero attached hydrogens (tertiary/aromatic N) is 1. The minimum absolute atomic E-state index is 0.0483. The van der Waals surface area contributed by atoms with Gasteiger partial charge in [0.2, 0.25) is 5.91 Å². The molecule has 1 amide bonds. The van der Waals surface area contributed by atoms with E-state index in [1.165, 1.54) is 64.2 Å². The maximum absolute atomic E-state index is 12.3. The molecule has 3 N–H and O–H groups in total. The van der Waals surface area contributed by atoms with E-state index in [1.54, 1.807) is 0 Å². The molecule has 0 bridgehead atoms. The second-order valence-corrected chi connectivity index (χ2v) is 9.49. The first-order valence-corrected chi connectivity index (χ1v) is 12.9. The fourth-order valence-electron chi connectivity index (χ4n) is 3.38. The maximum Gasteiger partial charge on any atom is 0.435 e. The van der Waals surface area contributed by atoms with Gasteiger partial charge < -0.3 is 15.1 Å². The van der Waals surface area contributed by atoms with Crippen LogP contribution >= 0.6 is 7.75 Å². The number of carboxylic acid groups (broad SMARTS) is 1. The van der Waals surface area contributed by atoms with E-state index in [9.17, 15) is 19.0 Å². The Morgan fingerprint density at radius 3 is 1.60 bits per heavy atom. The number of carbonyl (C=O) groups is 2. The van der Waals surface area contributed by atoms with E-state index in [2.05, 4.69) is 6.92 Å². The molecule has 0 fully saturated rings. The molecule has 1 unspecified atom stereocenters. The highest BCUT2D eigenvalue weighted by atomic mass is 31.2. The van der Waals surface area contributed by atoms with E-state index in [1.807, 2.05) is 0 Å². The molecule has 0 saturated heterocycles. The lowest BCUT2D eigenvalue weighted by atomic mass is 10.0. The molecule has 0 saturated carbocycles. The lowest BCUT2D eigenvalue weighted by Gasteiger charge is -2.29. The van der Waals surface area contributed by atoms with Crippen LogP contribution in [0.25, 0.3) is 0 Å². The number of aliphatic hydroxyl groups excluding tert-OH is 1. The van der Waals surface area contributed by atoms with Gasteiger partial charge in [-0.3, -0.25) is 9.32 Å². The Morgan fingerprint density at radius 1 is 0.867 bits per heavy atom. The molecule has 9 heteroatoms. The second-order valence-electron chi connectivity index (χ2n) is 7.82. The number of amides is 1. The lowest BCUT2D eigenvalue weighted by molar-refractivity contribution is -0.148. The highest BCUT2D eigenvalue weighted by Gasteiger charge is 2.41. The van der Waals surface area contributed by atoms with E-state index in [-0.39, 0.29) is 11.3 Å². The number of rotatable bonds is 20. The van der Waals surface area contributed by atoms with Crippen LogP contribution in [0.3, 0.4) is 0 Å². The third-order valence-electron chi connectivity index (χ3n) is 5.11. The van der Waals surface area contributed by atoms with Crippen molar-refractivity contribution in [1.29, 1.82) is 0 Å². The fraction of sp³-hybridized carbons (Fsp3) is 0.905. The Bertz CT molecular complexity index is 516. The molecule has 0 aromatic heterocycles. The van der Waals surface area contributed by atoms with Crippen LogP contribution in [0.4, 0.5) is 0 Å².